The highest BCUT2D eigenvalue weighted by Crippen LogP contribution is 2.46. The van der Waals surface area contributed by atoms with Gasteiger partial charge in [0.15, 0.2) is 0 Å². The summed E-state index contributed by atoms with van der Waals surface area (Å²) >= 11 is 0. The molecule has 5 N–H and O–H groups in total. The van der Waals surface area contributed by atoms with Crippen LogP contribution in [0.15, 0.2) is 24.5 Å². The SMILES string of the molecule is CC(C)CN[C@@H]1CC[C@H](N2CC[C@H](Nc3ncnc4ccc(C(F)(F)F)cc34)C2=O)[C@H](NC(=O)C2CCC(NC(=O)C3CCC4(CC3)CCN(CCNC(=O)OC(C)(C)C)CC4)CC2)C1. The fraction of sp³-hybridized carbons (Fsp3) is 0.750. The van der Waals surface area contributed by atoms with Gasteiger partial charge in [-0.15, -0.1) is 0 Å². The first-order valence-electron chi connectivity index (χ1n) is 24.3. The zero-order valence-electron chi connectivity index (χ0n) is 39.0. The van der Waals surface area contributed by atoms with Crippen molar-refractivity contribution in [3.05, 3.63) is 30.1 Å². The van der Waals surface area contributed by atoms with Crippen LogP contribution in [-0.4, -0.2) is 119 Å². The number of carbonyl (C=O) groups is 4. The van der Waals surface area contributed by atoms with Gasteiger partial charge in [-0.05, 0) is 160 Å². The summed E-state index contributed by atoms with van der Waals surface area (Å²) in [5, 5.41) is 16.6. The maximum Gasteiger partial charge on any atom is 0.416 e. The minimum Gasteiger partial charge on any atom is -0.444 e. The molecule has 1 aromatic carbocycles. The second-order valence-corrected chi connectivity index (χ2v) is 21.1. The van der Waals surface area contributed by atoms with Gasteiger partial charge < -0.3 is 41.1 Å². The molecular formula is C48H72F3N9O5. The van der Waals surface area contributed by atoms with Crippen molar-refractivity contribution in [1.82, 2.24) is 41.0 Å². The van der Waals surface area contributed by atoms with Gasteiger partial charge >= 0.3 is 12.3 Å². The van der Waals surface area contributed by atoms with E-state index in [9.17, 15) is 32.3 Å². The molecule has 1 spiro atoms. The van der Waals surface area contributed by atoms with Gasteiger partial charge in [-0.25, -0.2) is 14.8 Å². The number of rotatable bonds is 13. The molecule has 5 fully saturated rings. The molecule has 4 amide bonds. The predicted molar refractivity (Wildman–Crippen MR) is 243 cm³/mol. The van der Waals surface area contributed by atoms with E-state index >= 15 is 0 Å². The Bertz CT molecular complexity index is 1970. The third-order valence-corrected chi connectivity index (χ3v) is 14.7. The van der Waals surface area contributed by atoms with Crippen LogP contribution in [0.4, 0.5) is 23.8 Å². The number of nitrogens with zero attached hydrogens (tertiary/aromatic N) is 4. The molecule has 0 radical (unpaired) electrons. The van der Waals surface area contributed by atoms with Crippen molar-refractivity contribution >= 4 is 40.5 Å². The van der Waals surface area contributed by atoms with Crippen LogP contribution in [0.5, 0.6) is 0 Å². The van der Waals surface area contributed by atoms with Crippen molar-refractivity contribution in [1.29, 1.82) is 0 Å². The molecule has 14 nitrogen and oxygen atoms in total. The van der Waals surface area contributed by atoms with E-state index < -0.39 is 23.4 Å². The highest BCUT2D eigenvalue weighted by atomic mass is 19.4. The molecule has 2 aliphatic heterocycles. The van der Waals surface area contributed by atoms with E-state index in [1.54, 1.807) is 0 Å². The summed E-state index contributed by atoms with van der Waals surface area (Å²) in [5.41, 5.74) is -0.688. The molecule has 2 saturated heterocycles. The normalized spacial score (nSPS) is 26.9. The average Bonchev–Trinajstić information content (AvgIpc) is 3.61. The Labute approximate surface area is 382 Å². The smallest absolute Gasteiger partial charge is 0.416 e. The van der Waals surface area contributed by atoms with Gasteiger partial charge in [0.2, 0.25) is 17.7 Å². The topological polar surface area (TPSA) is 170 Å². The highest BCUT2D eigenvalue weighted by Gasteiger charge is 2.44. The molecule has 17 heteroatoms. The van der Waals surface area contributed by atoms with Crippen LogP contribution in [0.3, 0.4) is 0 Å². The molecule has 4 atom stereocenters. The maximum absolute atomic E-state index is 14.1. The van der Waals surface area contributed by atoms with Crippen LogP contribution in [0.1, 0.15) is 130 Å². The summed E-state index contributed by atoms with van der Waals surface area (Å²) in [6.45, 7) is 14.5. The van der Waals surface area contributed by atoms with E-state index in [4.69, 9.17) is 4.74 Å². The van der Waals surface area contributed by atoms with Crippen molar-refractivity contribution < 1.29 is 37.1 Å². The number of fused-ring (bicyclic) bond motifs is 1. The van der Waals surface area contributed by atoms with Gasteiger partial charge in [-0.2, -0.15) is 13.2 Å². The van der Waals surface area contributed by atoms with Crippen molar-refractivity contribution in [3.63, 3.8) is 0 Å². The summed E-state index contributed by atoms with van der Waals surface area (Å²) in [6.07, 6.45) is 8.04. The number of benzene rings is 1. The lowest BCUT2D eigenvalue weighted by molar-refractivity contribution is -0.137. The molecule has 3 saturated carbocycles. The zero-order chi connectivity index (χ0) is 46.5. The Hall–Kier alpha value is -4.25. The quantitative estimate of drug-likeness (QED) is 0.144. The van der Waals surface area contributed by atoms with Gasteiger partial charge in [-0.1, -0.05) is 13.8 Å². The van der Waals surface area contributed by atoms with Crippen LogP contribution < -0.4 is 26.6 Å². The summed E-state index contributed by atoms with van der Waals surface area (Å²) < 4.78 is 46.1. The number of amides is 4. The van der Waals surface area contributed by atoms with Crippen molar-refractivity contribution in [2.75, 3.05) is 44.6 Å². The van der Waals surface area contributed by atoms with Gasteiger partial charge in [0.1, 0.15) is 23.8 Å². The number of alkyl carbamates (subject to hydrolysis) is 1. The number of aromatic nitrogens is 2. The van der Waals surface area contributed by atoms with E-state index in [2.05, 4.69) is 55.3 Å². The average molecular weight is 912 g/mol. The highest BCUT2D eigenvalue weighted by molar-refractivity contribution is 5.93. The van der Waals surface area contributed by atoms with E-state index in [1.165, 1.54) is 12.4 Å². The molecule has 65 heavy (non-hydrogen) atoms. The van der Waals surface area contributed by atoms with E-state index in [1.807, 2.05) is 25.7 Å². The van der Waals surface area contributed by atoms with Crippen LogP contribution in [-0.2, 0) is 25.3 Å². The Kier molecular flexibility index (Phi) is 15.5. The van der Waals surface area contributed by atoms with Crippen LogP contribution >= 0.6 is 0 Å². The summed E-state index contributed by atoms with van der Waals surface area (Å²) in [5.74, 6) is 0.458. The molecule has 0 bridgehead atoms. The summed E-state index contributed by atoms with van der Waals surface area (Å²) in [6, 6.07) is 2.39. The molecule has 7 rings (SSSR count). The third-order valence-electron chi connectivity index (χ3n) is 14.7. The Morgan fingerprint density at radius 2 is 1.52 bits per heavy atom. The number of nitrogens with one attached hydrogen (secondary N) is 5. The van der Waals surface area contributed by atoms with Crippen molar-refractivity contribution in [2.24, 2.45) is 23.2 Å². The number of hydrogen-bond donors (Lipinski definition) is 5. The summed E-state index contributed by atoms with van der Waals surface area (Å²) in [4.78, 5) is 66.3. The number of ether oxygens (including phenoxy) is 1. The summed E-state index contributed by atoms with van der Waals surface area (Å²) in [7, 11) is 0. The Morgan fingerprint density at radius 1 is 0.846 bits per heavy atom. The molecule has 2 aromatic rings. The number of carbonyl (C=O) groups excluding carboxylic acids is 4. The van der Waals surface area contributed by atoms with Gasteiger partial charge in [0.05, 0.1) is 23.2 Å². The standard InChI is InChI=1S/C48H72F3N9O5/c1-30(2)28-53-35-11-13-40(60-22-16-38(44(60)63)57-41-36-26-33(48(49,50)51)8-12-37(36)54-29-55-41)39(27-35)58-43(62)31-6-9-34(10-7-31)56-42(61)32-14-17-47(18-15-32)19-23-59(24-20-47)25-21-52-45(64)65-46(3,4)5/h8,12,26,29-32,34-35,38-40,53H,6-7,9-11,13-25,27-28H2,1-5H3,(H,52,64)(H,56,61)(H,58,62)(H,54,55,57)/t31?,34?,35-,38+,39-,40+/m1/s1. The van der Waals surface area contributed by atoms with Crippen LogP contribution in [0.25, 0.3) is 10.9 Å². The molecular weight excluding hydrogens is 840 g/mol. The number of halogens is 3. The first-order valence-corrected chi connectivity index (χ1v) is 24.3. The monoisotopic (exact) mass is 912 g/mol. The molecule has 3 aliphatic carbocycles. The van der Waals surface area contributed by atoms with Crippen LogP contribution in [0, 0.1) is 23.2 Å². The molecule has 5 aliphatic rings. The van der Waals surface area contributed by atoms with Gasteiger partial charge in [0, 0.05) is 48.9 Å². The predicted octanol–water partition coefficient (Wildman–Crippen LogP) is 6.79. The van der Waals surface area contributed by atoms with Gasteiger partial charge in [-0.3, -0.25) is 14.4 Å². The minimum atomic E-state index is -4.54. The molecule has 3 heterocycles. The Morgan fingerprint density at radius 3 is 2.20 bits per heavy atom. The van der Waals surface area contributed by atoms with Crippen molar-refractivity contribution in [2.45, 2.75) is 166 Å². The molecule has 360 valence electrons. The van der Waals surface area contributed by atoms with Crippen molar-refractivity contribution in [3.8, 4) is 0 Å². The first kappa shape index (κ1) is 48.7. The Balaban J connectivity index is 0.873. The van der Waals surface area contributed by atoms with E-state index in [-0.39, 0.29) is 71.0 Å². The first-order chi connectivity index (χ1) is 30.8. The number of anilines is 1. The van der Waals surface area contributed by atoms with E-state index in [0.29, 0.717) is 62.0 Å². The maximum atomic E-state index is 14.1. The second kappa shape index (κ2) is 20.7. The minimum absolute atomic E-state index is 0.00791. The van der Waals surface area contributed by atoms with Gasteiger partial charge in [0.25, 0.3) is 0 Å². The zero-order valence-corrected chi connectivity index (χ0v) is 39.0. The number of piperidine rings is 1. The lowest BCUT2D eigenvalue weighted by Gasteiger charge is -2.46. The fourth-order valence-corrected chi connectivity index (χ4v) is 10.9. The van der Waals surface area contributed by atoms with E-state index in [0.717, 1.165) is 96.1 Å². The lowest BCUT2D eigenvalue weighted by Crippen LogP contribution is -2.59. The number of alkyl halides is 3. The second-order valence-electron chi connectivity index (χ2n) is 21.1. The molecule has 0 unspecified atom stereocenters. The molecule has 1 aromatic heterocycles. The third kappa shape index (κ3) is 12.8. The largest absolute Gasteiger partial charge is 0.444 e. The number of likely N-dealkylation sites (tertiary alicyclic amines) is 2. The number of hydrogen-bond acceptors (Lipinski definition) is 10. The fourth-order valence-electron chi connectivity index (χ4n) is 10.9. The van der Waals surface area contributed by atoms with Crippen LogP contribution in [0.2, 0.25) is 0 Å². The lowest BCUT2D eigenvalue weighted by atomic mass is 9.65.